The number of allylic oxidation sites excluding steroid dienone is 1. The van der Waals surface area contributed by atoms with Crippen molar-refractivity contribution in [3.05, 3.63) is 47.5 Å². The molecule has 0 saturated heterocycles. The molecule has 0 aliphatic heterocycles. The zero-order valence-electron chi connectivity index (χ0n) is 8.75. The monoisotopic (exact) mass is 185 g/mol. The van der Waals surface area contributed by atoms with Crippen LogP contribution in [0.2, 0.25) is 0 Å². The molecule has 1 unspecified atom stereocenters. The fourth-order valence-corrected chi connectivity index (χ4v) is 1.66. The van der Waals surface area contributed by atoms with E-state index in [1.165, 1.54) is 5.56 Å². The summed E-state index contributed by atoms with van der Waals surface area (Å²) in [7, 11) is 0. The third-order valence-electron chi connectivity index (χ3n) is 2.53. The number of nitrogens with zero attached hydrogens (tertiary/aromatic N) is 1. The first-order valence-corrected chi connectivity index (χ1v) is 4.89. The average molecular weight is 185 g/mol. The van der Waals surface area contributed by atoms with Gasteiger partial charge in [0.25, 0.3) is 0 Å². The molecule has 0 saturated carbocycles. The van der Waals surface area contributed by atoms with E-state index in [9.17, 15) is 0 Å². The van der Waals surface area contributed by atoms with Crippen LogP contribution in [0.25, 0.3) is 0 Å². The van der Waals surface area contributed by atoms with Crippen LogP contribution in [0.15, 0.2) is 30.9 Å². The summed E-state index contributed by atoms with van der Waals surface area (Å²) in [5, 5.41) is 8.95. The first kappa shape index (κ1) is 10.5. The van der Waals surface area contributed by atoms with Crippen LogP contribution in [0, 0.1) is 11.3 Å². The van der Waals surface area contributed by atoms with Crippen molar-refractivity contribution in [1.29, 1.82) is 5.26 Å². The van der Waals surface area contributed by atoms with Crippen LogP contribution in [0.1, 0.15) is 36.5 Å². The maximum Gasteiger partial charge on any atom is 0.0994 e. The molecular formula is C13H15N. The van der Waals surface area contributed by atoms with Gasteiger partial charge in [0.05, 0.1) is 11.6 Å². The maximum atomic E-state index is 8.95. The second-order valence-electron chi connectivity index (χ2n) is 3.36. The van der Waals surface area contributed by atoms with Crippen LogP contribution in [-0.2, 0) is 6.42 Å². The summed E-state index contributed by atoms with van der Waals surface area (Å²) in [6.45, 7) is 7.96. The van der Waals surface area contributed by atoms with E-state index < -0.39 is 0 Å². The molecule has 0 N–H and O–H groups in total. The van der Waals surface area contributed by atoms with Crippen molar-refractivity contribution in [3.63, 3.8) is 0 Å². The molecule has 1 rings (SSSR count). The van der Waals surface area contributed by atoms with Crippen LogP contribution >= 0.6 is 0 Å². The minimum atomic E-state index is 0.318. The number of nitriles is 1. The Morgan fingerprint density at radius 3 is 2.79 bits per heavy atom. The molecule has 0 aliphatic rings. The number of benzene rings is 1. The SMILES string of the molecule is C=CC(C)c1cccc(C#N)c1CC. The van der Waals surface area contributed by atoms with Gasteiger partial charge in [0.2, 0.25) is 0 Å². The minimum Gasteiger partial charge on any atom is -0.192 e. The highest BCUT2D eigenvalue weighted by Gasteiger charge is 2.09. The van der Waals surface area contributed by atoms with Crippen molar-refractivity contribution in [2.75, 3.05) is 0 Å². The molecule has 1 heteroatoms. The summed E-state index contributed by atoms with van der Waals surface area (Å²) in [5.74, 6) is 0.318. The number of hydrogen-bond donors (Lipinski definition) is 0. The fourth-order valence-electron chi connectivity index (χ4n) is 1.66. The lowest BCUT2D eigenvalue weighted by atomic mass is 9.91. The van der Waals surface area contributed by atoms with Crippen molar-refractivity contribution in [3.8, 4) is 6.07 Å². The predicted octanol–water partition coefficient (Wildman–Crippen LogP) is 3.41. The molecule has 0 heterocycles. The lowest BCUT2D eigenvalue weighted by Gasteiger charge is -2.12. The summed E-state index contributed by atoms with van der Waals surface area (Å²) in [6.07, 6.45) is 2.81. The highest BCUT2D eigenvalue weighted by atomic mass is 14.3. The van der Waals surface area contributed by atoms with Gasteiger partial charge in [0, 0.05) is 0 Å². The lowest BCUT2D eigenvalue weighted by molar-refractivity contribution is 0.928. The van der Waals surface area contributed by atoms with Crippen LogP contribution < -0.4 is 0 Å². The third kappa shape index (κ3) is 1.85. The number of hydrogen-bond acceptors (Lipinski definition) is 1. The Hall–Kier alpha value is -1.55. The molecule has 1 atom stereocenters. The van der Waals surface area contributed by atoms with E-state index in [4.69, 9.17) is 5.26 Å². The molecule has 0 fully saturated rings. The number of rotatable bonds is 3. The first-order valence-electron chi connectivity index (χ1n) is 4.89. The zero-order chi connectivity index (χ0) is 10.6. The molecule has 1 aromatic rings. The summed E-state index contributed by atoms with van der Waals surface area (Å²) >= 11 is 0. The molecule has 0 aliphatic carbocycles. The third-order valence-corrected chi connectivity index (χ3v) is 2.53. The van der Waals surface area contributed by atoms with E-state index >= 15 is 0 Å². The van der Waals surface area contributed by atoms with E-state index in [-0.39, 0.29) is 0 Å². The quantitative estimate of drug-likeness (QED) is 0.662. The Kier molecular flexibility index (Phi) is 3.48. The molecule has 0 amide bonds. The fraction of sp³-hybridized carbons (Fsp3) is 0.308. The van der Waals surface area contributed by atoms with Crippen LogP contribution in [-0.4, -0.2) is 0 Å². The van der Waals surface area contributed by atoms with Gasteiger partial charge < -0.3 is 0 Å². The minimum absolute atomic E-state index is 0.318. The Morgan fingerprint density at radius 1 is 1.57 bits per heavy atom. The predicted molar refractivity (Wildman–Crippen MR) is 59.1 cm³/mol. The van der Waals surface area contributed by atoms with Crippen molar-refractivity contribution < 1.29 is 0 Å². The van der Waals surface area contributed by atoms with E-state index in [1.807, 2.05) is 18.2 Å². The van der Waals surface area contributed by atoms with Crippen molar-refractivity contribution in [2.24, 2.45) is 0 Å². The van der Waals surface area contributed by atoms with E-state index in [2.05, 4.69) is 32.6 Å². The van der Waals surface area contributed by atoms with Crippen molar-refractivity contribution >= 4 is 0 Å². The molecule has 0 radical (unpaired) electrons. The molecule has 0 spiro atoms. The smallest absolute Gasteiger partial charge is 0.0994 e. The summed E-state index contributed by atoms with van der Waals surface area (Å²) in [6, 6.07) is 8.12. The van der Waals surface area contributed by atoms with Gasteiger partial charge in [-0.3, -0.25) is 0 Å². The molecule has 0 aromatic heterocycles. The zero-order valence-corrected chi connectivity index (χ0v) is 8.75. The molecular weight excluding hydrogens is 170 g/mol. The van der Waals surface area contributed by atoms with Gasteiger partial charge in [-0.05, 0) is 29.5 Å². The van der Waals surface area contributed by atoms with E-state index in [0.717, 1.165) is 17.5 Å². The Labute approximate surface area is 85.7 Å². The lowest BCUT2D eigenvalue weighted by Crippen LogP contribution is -1.98. The van der Waals surface area contributed by atoms with E-state index in [0.29, 0.717) is 5.92 Å². The second kappa shape index (κ2) is 4.62. The highest BCUT2D eigenvalue weighted by molar-refractivity contribution is 5.45. The Balaban J connectivity index is 3.30. The molecule has 1 nitrogen and oxygen atoms in total. The van der Waals surface area contributed by atoms with Gasteiger partial charge in [-0.2, -0.15) is 5.26 Å². The molecule has 14 heavy (non-hydrogen) atoms. The topological polar surface area (TPSA) is 23.8 Å². The summed E-state index contributed by atoms with van der Waals surface area (Å²) in [5.41, 5.74) is 3.17. The van der Waals surface area contributed by atoms with Crippen LogP contribution in [0.3, 0.4) is 0 Å². The summed E-state index contributed by atoms with van der Waals surface area (Å²) < 4.78 is 0. The average Bonchev–Trinajstić information content (AvgIpc) is 2.26. The maximum absolute atomic E-state index is 8.95. The highest BCUT2D eigenvalue weighted by Crippen LogP contribution is 2.23. The van der Waals surface area contributed by atoms with Crippen LogP contribution in [0.4, 0.5) is 0 Å². The molecule has 72 valence electrons. The first-order chi connectivity index (χ1) is 6.74. The Morgan fingerprint density at radius 2 is 2.29 bits per heavy atom. The largest absolute Gasteiger partial charge is 0.192 e. The van der Waals surface area contributed by atoms with Crippen molar-refractivity contribution in [2.45, 2.75) is 26.2 Å². The van der Waals surface area contributed by atoms with Gasteiger partial charge in [-0.1, -0.05) is 32.1 Å². The van der Waals surface area contributed by atoms with Crippen LogP contribution in [0.5, 0.6) is 0 Å². The Bertz CT molecular complexity index is 371. The van der Waals surface area contributed by atoms with E-state index in [1.54, 1.807) is 0 Å². The van der Waals surface area contributed by atoms with Gasteiger partial charge in [0.15, 0.2) is 0 Å². The standard InChI is InChI=1S/C13H15N/c1-4-10(3)13-8-6-7-11(9-14)12(13)5-2/h4,6-8,10H,1,5H2,2-3H3. The van der Waals surface area contributed by atoms with Gasteiger partial charge >= 0.3 is 0 Å². The van der Waals surface area contributed by atoms with Gasteiger partial charge in [-0.25, -0.2) is 0 Å². The molecule has 0 bridgehead atoms. The summed E-state index contributed by atoms with van der Waals surface area (Å²) in [4.78, 5) is 0. The van der Waals surface area contributed by atoms with Gasteiger partial charge in [-0.15, -0.1) is 6.58 Å². The second-order valence-corrected chi connectivity index (χ2v) is 3.36. The van der Waals surface area contributed by atoms with Gasteiger partial charge in [0.1, 0.15) is 0 Å². The van der Waals surface area contributed by atoms with Crippen molar-refractivity contribution in [1.82, 2.24) is 0 Å². The molecule has 1 aromatic carbocycles. The normalized spacial score (nSPS) is 11.8.